The summed E-state index contributed by atoms with van der Waals surface area (Å²) < 4.78 is 20.3. The van der Waals surface area contributed by atoms with Crippen LogP contribution in [0.5, 0.6) is 0 Å². The second-order valence-electron chi connectivity index (χ2n) is 11.8. The van der Waals surface area contributed by atoms with Crippen molar-refractivity contribution >= 4 is 17.7 Å². The van der Waals surface area contributed by atoms with Crippen molar-refractivity contribution in [2.45, 2.75) is 82.6 Å². The molecule has 2 aliphatic rings. The summed E-state index contributed by atoms with van der Waals surface area (Å²) in [6.07, 6.45) is 3.45. The maximum atomic E-state index is 14.8. The Balaban J connectivity index is 1.57. The highest BCUT2D eigenvalue weighted by atomic mass is 19.1. The van der Waals surface area contributed by atoms with Gasteiger partial charge in [0, 0.05) is 12.0 Å². The molecule has 1 heterocycles. The summed E-state index contributed by atoms with van der Waals surface area (Å²) in [7, 11) is 0. The molecule has 37 heavy (non-hydrogen) atoms. The van der Waals surface area contributed by atoms with Crippen LogP contribution in [0, 0.1) is 11.7 Å². The van der Waals surface area contributed by atoms with Gasteiger partial charge in [-0.25, -0.2) is 9.18 Å². The van der Waals surface area contributed by atoms with E-state index in [1.165, 1.54) is 23.8 Å². The highest BCUT2D eigenvalue weighted by molar-refractivity contribution is 5.97. The van der Waals surface area contributed by atoms with E-state index in [9.17, 15) is 19.1 Å². The van der Waals surface area contributed by atoms with Gasteiger partial charge in [-0.2, -0.15) is 0 Å². The zero-order valence-electron chi connectivity index (χ0n) is 22.1. The number of hydrogen-bond donors (Lipinski definition) is 3. The van der Waals surface area contributed by atoms with E-state index in [-0.39, 0.29) is 18.7 Å². The third-order valence-electron chi connectivity index (χ3n) is 7.23. The summed E-state index contributed by atoms with van der Waals surface area (Å²) in [5.41, 5.74) is 4.95. The number of aliphatic hydroxyl groups is 1. The summed E-state index contributed by atoms with van der Waals surface area (Å²) in [4.78, 5) is 27.8. The van der Waals surface area contributed by atoms with Gasteiger partial charge in [0.25, 0.3) is 0 Å². The van der Waals surface area contributed by atoms with Gasteiger partial charge in [0.1, 0.15) is 23.1 Å². The van der Waals surface area contributed by atoms with E-state index in [4.69, 9.17) is 10.5 Å². The molecule has 4 rings (SSSR count). The largest absolute Gasteiger partial charge is 0.444 e. The molecule has 1 aliphatic heterocycles. The summed E-state index contributed by atoms with van der Waals surface area (Å²) in [5, 5.41) is 14.1. The van der Waals surface area contributed by atoms with Gasteiger partial charge in [0.2, 0.25) is 5.91 Å². The Morgan fingerprint density at radius 3 is 2.46 bits per heavy atom. The highest BCUT2D eigenvalue weighted by Crippen LogP contribution is 2.39. The minimum atomic E-state index is -1.46. The highest BCUT2D eigenvalue weighted by Gasteiger charge is 2.50. The molecule has 1 saturated carbocycles. The van der Waals surface area contributed by atoms with Crippen LogP contribution in [0.25, 0.3) is 0 Å². The quantitative estimate of drug-likeness (QED) is 0.484. The van der Waals surface area contributed by atoms with Gasteiger partial charge in [-0.05, 0) is 69.7 Å². The number of carbonyl (C=O) groups is 2. The lowest BCUT2D eigenvalue weighted by Gasteiger charge is -2.28. The predicted molar refractivity (Wildman–Crippen MR) is 140 cm³/mol. The summed E-state index contributed by atoms with van der Waals surface area (Å²) in [6.45, 7) is 6.97. The fraction of sp³-hybridized carbons (Fsp3) is 0.517. The Labute approximate surface area is 218 Å². The number of anilines is 1. The molecule has 0 aromatic heterocycles. The fourth-order valence-corrected chi connectivity index (χ4v) is 4.84. The average molecular weight is 512 g/mol. The van der Waals surface area contributed by atoms with Gasteiger partial charge < -0.3 is 20.9 Å². The maximum Gasteiger partial charge on any atom is 0.411 e. The van der Waals surface area contributed by atoms with Gasteiger partial charge in [0.15, 0.2) is 0 Å². The number of nitrogens with one attached hydrogen (secondary N) is 1. The predicted octanol–water partition coefficient (Wildman–Crippen LogP) is 5.03. The van der Waals surface area contributed by atoms with E-state index in [1.807, 2.05) is 13.0 Å². The molecule has 4 N–H and O–H groups in total. The van der Waals surface area contributed by atoms with Gasteiger partial charge in [-0.1, -0.05) is 49.2 Å². The van der Waals surface area contributed by atoms with Gasteiger partial charge in [-0.15, -0.1) is 0 Å². The van der Waals surface area contributed by atoms with Crippen molar-refractivity contribution < 1.29 is 23.8 Å². The lowest BCUT2D eigenvalue weighted by atomic mass is 9.87. The van der Waals surface area contributed by atoms with E-state index < -0.39 is 40.6 Å². The third kappa shape index (κ3) is 6.48. The van der Waals surface area contributed by atoms with Crippen LogP contribution in [0.1, 0.15) is 70.9 Å². The first-order valence-corrected chi connectivity index (χ1v) is 12.9. The van der Waals surface area contributed by atoms with Crippen molar-refractivity contribution in [1.82, 2.24) is 4.90 Å². The van der Waals surface area contributed by atoms with Crippen molar-refractivity contribution in [2.24, 2.45) is 11.7 Å². The Morgan fingerprint density at radius 1 is 1.16 bits per heavy atom. The topological polar surface area (TPSA) is 105 Å². The zero-order valence-corrected chi connectivity index (χ0v) is 22.1. The van der Waals surface area contributed by atoms with E-state index >= 15 is 0 Å². The molecule has 2 aromatic rings. The van der Waals surface area contributed by atoms with Crippen LogP contribution >= 0.6 is 0 Å². The number of nitrogens with zero attached hydrogens (tertiary/aromatic N) is 1. The van der Waals surface area contributed by atoms with E-state index in [0.29, 0.717) is 11.5 Å². The van der Waals surface area contributed by atoms with Gasteiger partial charge in [0.05, 0.1) is 12.2 Å². The van der Waals surface area contributed by atoms with Gasteiger partial charge in [-0.3, -0.25) is 9.69 Å². The average Bonchev–Trinajstić information content (AvgIpc) is 3.58. The molecule has 8 heteroatoms. The number of nitrogens with two attached hydrogens (primary N) is 1. The monoisotopic (exact) mass is 511 g/mol. The second kappa shape index (κ2) is 10.1. The first kappa shape index (κ1) is 27.1. The standard InChI is InChI=1S/C29H38FN3O4/c1-27(2,3)37-26(35)33-18-29(36,20-8-6-5-7-9-20)17-24(33)25(34)32-23-16-21(12-13-22(23)30)28(4,31)15-14-19-10-11-19/h5-9,12-13,16,19,24,36H,10-11,14-15,17-18,31H2,1-4H3,(H,32,34)/t24-,28?,29-/m1/s1. The van der Waals surface area contributed by atoms with Gasteiger partial charge >= 0.3 is 6.09 Å². The molecule has 0 bridgehead atoms. The van der Waals surface area contributed by atoms with Crippen LogP contribution in [0.3, 0.4) is 0 Å². The zero-order chi connectivity index (χ0) is 27.0. The molecule has 2 fully saturated rings. The Bertz CT molecular complexity index is 1140. The van der Waals surface area contributed by atoms with E-state index in [1.54, 1.807) is 57.2 Å². The number of benzene rings is 2. The number of carbonyl (C=O) groups excluding carboxylic acids is 2. The molecular formula is C29H38FN3O4. The fourth-order valence-electron chi connectivity index (χ4n) is 4.84. The minimum absolute atomic E-state index is 0.00936. The molecular weight excluding hydrogens is 473 g/mol. The van der Waals surface area contributed by atoms with Crippen LogP contribution in [-0.2, 0) is 20.7 Å². The van der Waals surface area contributed by atoms with Crippen LogP contribution in [0.4, 0.5) is 14.9 Å². The Morgan fingerprint density at radius 2 is 1.84 bits per heavy atom. The third-order valence-corrected chi connectivity index (χ3v) is 7.23. The molecule has 0 spiro atoms. The number of hydrogen-bond acceptors (Lipinski definition) is 5. The molecule has 200 valence electrons. The molecule has 0 radical (unpaired) electrons. The summed E-state index contributed by atoms with van der Waals surface area (Å²) in [6, 6.07) is 12.3. The van der Waals surface area contributed by atoms with Crippen molar-refractivity contribution in [3.05, 3.63) is 65.5 Å². The van der Waals surface area contributed by atoms with Crippen LogP contribution < -0.4 is 11.1 Å². The first-order chi connectivity index (χ1) is 17.3. The van der Waals surface area contributed by atoms with Crippen molar-refractivity contribution in [2.75, 3.05) is 11.9 Å². The number of amides is 2. The van der Waals surface area contributed by atoms with Crippen molar-refractivity contribution in [3.8, 4) is 0 Å². The number of halogens is 1. The van der Waals surface area contributed by atoms with Crippen molar-refractivity contribution in [3.63, 3.8) is 0 Å². The number of ether oxygens (including phenoxy) is 1. The smallest absolute Gasteiger partial charge is 0.411 e. The molecule has 1 unspecified atom stereocenters. The molecule has 2 aromatic carbocycles. The molecule has 1 saturated heterocycles. The maximum absolute atomic E-state index is 14.8. The van der Waals surface area contributed by atoms with E-state index in [0.717, 1.165) is 18.4 Å². The lowest BCUT2D eigenvalue weighted by molar-refractivity contribution is -0.120. The summed E-state index contributed by atoms with van der Waals surface area (Å²) >= 11 is 0. The van der Waals surface area contributed by atoms with Crippen LogP contribution in [0.2, 0.25) is 0 Å². The number of β-amino-alcohol motifs (C(OH)–C–C–N with tert-alkyl or cyclic N) is 1. The second-order valence-corrected chi connectivity index (χ2v) is 11.8. The Hall–Kier alpha value is -2.97. The molecule has 7 nitrogen and oxygen atoms in total. The Kier molecular flexibility index (Phi) is 7.36. The SMILES string of the molecule is CC(C)(C)OC(=O)N1C[C@@](O)(c2ccccc2)C[C@@H]1C(=O)Nc1cc(C(C)(N)CCC2CC2)ccc1F. The van der Waals surface area contributed by atoms with Crippen LogP contribution in [-0.4, -0.2) is 40.2 Å². The minimum Gasteiger partial charge on any atom is -0.444 e. The van der Waals surface area contributed by atoms with Crippen molar-refractivity contribution in [1.29, 1.82) is 0 Å². The molecule has 2 amide bonds. The number of rotatable bonds is 7. The number of likely N-dealkylation sites (tertiary alicyclic amines) is 1. The lowest BCUT2D eigenvalue weighted by Crippen LogP contribution is -2.45. The van der Waals surface area contributed by atoms with Crippen LogP contribution in [0.15, 0.2) is 48.5 Å². The summed E-state index contributed by atoms with van der Waals surface area (Å²) in [5.74, 6) is -0.493. The normalized spacial score (nSPS) is 23.4. The first-order valence-electron chi connectivity index (χ1n) is 12.9. The molecule has 1 aliphatic carbocycles. The van der Waals surface area contributed by atoms with E-state index in [2.05, 4.69) is 5.32 Å². The molecule has 3 atom stereocenters.